The van der Waals surface area contributed by atoms with Crippen LogP contribution < -0.4 is 0 Å². The highest BCUT2D eigenvalue weighted by Gasteiger charge is 2.50. The number of ether oxygens (including phenoxy) is 2. The predicted molar refractivity (Wildman–Crippen MR) is 82.1 cm³/mol. The van der Waals surface area contributed by atoms with Crippen LogP contribution in [0.4, 0.5) is 0 Å². The van der Waals surface area contributed by atoms with E-state index in [1.165, 1.54) is 6.42 Å². The topological polar surface area (TPSA) is 18.5 Å². The first-order valence-corrected chi connectivity index (χ1v) is 8.31. The van der Waals surface area contributed by atoms with Crippen LogP contribution in [0.3, 0.4) is 0 Å². The first-order valence-electron chi connectivity index (χ1n) is 6.60. The summed E-state index contributed by atoms with van der Waals surface area (Å²) in [6, 6.07) is 0. The second kappa shape index (κ2) is 5.61. The summed E-state index contributed by atoms with van der Waals surface area (Å²) in [6.45, 7) is 2.07. The Kier molecular flexibility index (Phi) is 4.04. The first kappa shape index (κ1) is 13.7. The Balaban J connectivity index is 1.68. The summed E-state index contributed by atoms with van der Waals surface area (Å²) >= 11 is 6.89. The van der Waals surface area contributed by atoms with E-state index < -0.39 is 0 Å². The highest BCUT2D eigenvalue weighted by molar-refractivity contribution is 9.11. The van der Waals surface area contributed by atoms with Crippen LogP contribution in [-0.2, 0) is 9.47 Å². The van der Waals surface area contributed by atoms with E-state index in [0.29, 0.717) is 11.8 Å². The second-order valence-corrected chi connectivity index (χ2v) is 6.49. The largest absolute Gasteiger partial charge is 0.490 e. The number of halogens is 2. The van der Waals surface area contributed by atoms with Crippen LogP contribution >= 0.6 is 31.9 Å². The van der Waals surface area contributed by atoms with Gasteiger partial charge in [0.2, 0.25) is 0 Å². The van der Waals surface area contributed by atoms with E-state index in [-0.39, 0.29) is 18.3 Å². The van der Waals surface area contributed by atoms with Crippen molar-refractivity contribution in [2.24, 2.45) is 11.8 Å². The van der Waals surface area contributed by atoms with Gasteiger partial charge in [-0.05, 0) is 41.3 Å². The second-order valence-electron chi connectivity index (χ2n) is 5.17. The molecule has 0 spiro atoms. The number of hydrogen-bond acceptors (Lipinski definition) is 2. The summed E-state index contributed by atoms with van der Waals surface area (Å²) in [7, 11) is 0. The molecule has 1 saturated heterocycles. The zero-order valence-corrected chi connectivity index (χ0v) is 13.9. The molecular weight excluding hydrogens is 372 g/mol. The van der Waals surface area contributed by atoms with E-state index in [0.717, 1.165) is 16.7 Å². The molecule has 0 aromatic rings. The van der Waals surface area contributed by atoms with Gasteiger partial charge in [-0.2, -0.15) is 0 Å². The van der Waals surface area contributed by atoms with Gasteiger partial charge in [0.05, 0.1) is 10.6 Å². The van der Waals surface area contributed by atoms with E-state index >= 15 is 0 Å². The van der Waals surface area contributed by atoms with Gasteiger partial charge in [-0.3, -0.25) is 0 Å². The lowest BCUT2D eigenvalue weighted by Gasteiger charge is -2.09. The average molecular weight is 388 g/mol. The van der Waals surface area contributed by atoms with E-state index in [9.17, 15) is 0 Å². The van der Waals surface area contributed by atoms with Crippen molar-refractivity contribution in [3.05, 3.63) is 39.2 Å². The molecule has 102 valence electrons. The summed E-state index contributed by atoms with van der Waals surface area (Å²) < 4.78 is 13.2. The number of hydrogen-bond donors (Lipinski definition) is 0. The molecule has 0 N–H and O–H groups in total. The maximum absolute atomic E-state index is 6.11. The van der Waals surface area contributed by atoms with Crippen molar-refractivity contribution in [2.75, 3.05) is 0 Å². The van der Waals surface area contributed by atoms with Crippen LogP contribution in [0, 0.1) is 11.8 Å². The number of fused-ring (bicyclic) bond motifs is 1. The Morgan fingerprint density at radius 3 is 2.89 bits per heavy atom. The fourth-order valence-corrected chi connectivity index (χ4v) is 3.81. The van der Waals surface area contributed by atoms with Crippen molar-refractivity contribution < 1.29 is 9.47 Å². The monoisotopic (exact) mass is 386 g/mol. The van der Waals surface area contributed by atoms with Gasteiger partial charge in [-0.1, -0.05) is 28.1 Å². The molecule has 4 heteroatoms. The molecule has 0 unspecified atom stereocenters. The predicted octanol–water partition coefficient (Wildman–Crippen LogP) is 4.43. The van der Waals surface area contributed by atoms with E-state index in [1.54, 1.807) is 4.99 Å². The number of allylic oxidation sites excluding steroid dienone is 3. The van der Waals surface area contributed by atoms with Gasteiger partial charge in [-0.25, -0.2) is 0 Å². The molecule has 0 aromatic heterocycles. The molecule has 2 heterocycles. The Labute approximate surface area is 130 Å². The van der Waals surface area contributed by atoms with Gasteiger partial charge >= 0.3 is 0 Å². The van der Waals surface area contributed by atoms with Crippen LogP contribution in [0.15, 0.2) is 39.2 Å². The third kappa shape index (κ3) is 2.64. The van der Waals surface area contributed by atoms with Crippen molar-refractivity contribution in [3.63, 3.8) is 0 Å². The van der Waals surface area contributed by atoms with Gasteiger partial charge in [-0.15, -0.1) is 5.73 Å². The third-order valence-electron chi connectivity index (χ3n) is 3.85. The average Bonchev–Trinajstić information content (AvgIpc) is 2.93. The summed E-state index contributed by atoms with van der Waals surface area (Å²) in [4.78, 5) is 1.72. The normalized spacial score (nSPS) is 40.1. The quantitative estimate of drug-likeness (QED) is 0.527. The first-order chi connectivity index (χ1) is 9.24. The molecule has 0 radical (unpaired) electrons. The molecule has 0 bridgehead atoms. The Hall–Kier alpha value is -0.280. The van der Waals surface area contributed by atoms with E-state index in [2.05, 4.69) is 56.7 Å². The minimum atomic E-state index is 0.0697. The summed E-state index contributed by atoms with van der Waals surface area (Å²) in [6.07, 6.45) is 8.76. The number of rotatable bonds is 3. The van der Waals surface area contributed by atoms with Crippen molar-refractivity contribution in [3.8, 4) is 0 Å². The lowest BCUT2D eigenvalue weighted by Crippen LogP contribution is -2.16. The highest BCUT2D eigenvalue weighted by Crippen LogP contribution is 2.53. The molecule has 0 aromatic carbocycles. The fourth-order valence-electron chi connectivity index (χ4n) is 2.87. The SMILES string of the molecule is C/C=C\[C@@H]1C[C@@H]1C1=C(Br)[C@H]2O[C@H](C=C=CBr)C[C@H]2O1. The summed E-state index contributed by atoms with van der Waals surface area (Å²) in [5.41, 5.74) is 3.01. The highest BCUT2D eigenvalue weighted by atomic mass is 79.9. The Bertz CT molecular complexity index is 488. The zero-order chi connectivity index (χ0) is 13.4. The molecule has 2 aliphatic heterocycles. The Morgan fingerprint density at radius 1 is 1.37 bits per heavy atom. The lowest BCUT2D eigenvalue weighted by atomic mass is 10.1. The van der Waals surface area contributed by atoms with E-state index in [4.69, 9.17) is 9.47 Å². The minimum Gasteiger partial charge on any atom is -0.490 e. The molecule has 1 saturated carbocycles. The van der Waals surface area contributed by atoms with Crippen molar-refractivity contribution in [1.29, 1.82) is 0 Å². The van der Waals surface area contributed by atoms with Crippen LogP contribution in [0.2, 0.25) is 0 Å². The van der Waals surface area contributed by atoms with Crippen LogP contribution in [-0.4, -0.2) is 18.3 Å². The van der Waals surface area contributed by atoms with Gasteiger partial charge in [0.25, 0.3) is 0 Å². The molecule has 0 amide bonds. The van der Waals surface area contributed by atoms with Crippen molar-refractivity contribution in [2.45, 2.75) is 38.1 Å². The van der Waals surface area contributed by atoms with Gasteiger partial charge in [0.1, 0.15) is 18.0 Å². The lowest BCUT2D eigenvalue weighted by molar-refractivity contribution is 0.0618. The van der Waals surface area contributed by atoms with Gasteiger partial charge < -0.3 is 9.47 Å². The molecule has 3 aliphatic rings. The van der Waals surface area contributed by atoms with Crippen molar-refractivity contribution in [1.82, 2.24) is 0 Å². The summed E-state index contributed by atoms with van der Waals surface area (Å²) in [5, 5.41) is 0. The van der Waals surface area contributed by atoms with Crippen LogP contribution in [0.5, 0.6) is 0 Å². The standard InChI is InChI=1S/C15H16Br2O2/c1-2-4-9-7-11(9)14-13(17)15-12(19-14)8-10(18-15)5-3-6-16/h2,4-6,9-12,15H,7-8H2,1H3/b4-2-/t3?,9-,10-,11+,12-,15+/m1/s1. The minimum absolute atomic E-state index is 0.0697. The Morgan fingerprint density at radius 2 is 2.21 bits per heavy atom. The van der Waals surface area contributed by atoms with Gasteiger partial charge in [0, 0.05) is 17.3 Å². The molecule has 19 heavy (non-hydrogen) atoms. The van der Waals surface area contributed by atoms with Crippen LogP contribution in [0.1, 0.15) is 19.8 Å². The van der Waals surface area contributed by atoms with Crippen LogP contribution in [0.25, 0.3) is 0 Å². The maximum Gasteiger partial charge on any atom is 0.132 e. The third-order valence-corrected chi connectivity index (χ3v) is 4.95. The van der Waals surface area contributed by atoms with Crippen molar-refractivity contribution >= 4 is 31.9 Å². The maximum atomic E-state index is 6.11. The molecule has 2 nitrogen and oxygen atoms in total. The van der Waals surface area contributed by atoms with Gasteiger partial charge in [0.15, 0.2) is 0 Å². The molecule has 5 atom stereocenters. The molecule has 1 aliphatic carbocycles. The van der Waals surface area contributed by atoms with E-state index in [1.807, 2.05) is 6.08 Å². The smallest absolute Gasteiger partial charge is 0.132 e. The summed E-state index contributed by atoms with van der Waals surface area (Å²) in [5.74, 6) is 2.33. The zero-order valence-electron chi connectivity index (χ0n) is 10.7. The molecule has 2 fully saturated rings. The fraction of sp³-hybridized carbons (Fsp3) is 0.533. The molecular formula is C15H16Br2O2. The molecule has 3 rings (SSSR count).